The maximum absolute atomic E-state index is 12.0. The Balaban J connectivity index is 1.99. The zero-order chi connectivity index (χ0) is 16.8. The maximum Gasteiger partial charge on any atom is 0.321 e. The zero-order valence-electron chi connectivity index (χ0n) is 12.8. The Kier molecular flexibility index (Phi) is 5.91. The first-order valence-corrected chi connectivity index (χ1v) is 8.25. The van der Waals surface area contributed by atoms with Crippen LogP contribution in [0.5, 0.6) is 0 Å². The van der Waals surface area contributed by atoms with Crippen molar-refractivity contribution in [2.45, 2.75) is 38.5 Å². The third kappa shape index (κ3) is 4.65. The van der Waals surface area contributed by atoms with E-state index >= 15 is 0 Å². The molecule has 0 aliphatic heterocycles. The molecule has 0 aromatic carbocycles. The summed E-state index contributed by atoms with van der Waals surface area (Å²) in [6.45, 7) is 2.13. The van der Waals surface area contributed by atoms with E-state index in [-0.39, 0.29) is 24.9 Å². The zero-order valence-corrected chi connectivity index (χ0v) is 13.6. The van der Waals surface area contributed by atoms with E-state index in [2.05, 4.69) is 15.6 Å². The van der Waals surface area contributed by atoms with Gasteiger partial charge in [-0.15, -0.1) is 11.3 Å². The molecule has 3 N–H and O–H groups in total. The summed E-state index contributed by atoms with van der Waals surface area (Å²) in [5, 5.41) is 13.9. The molecule has 1 unspecified atom stereocenters. The fourth-order valence-electron chi connectivity index (χ4n) is 2.37. The highest BCUT2D eigenvalue weighted by molar-refractivity contribution is 7.15. The van der Waals surface area contributed by atoms with Gasteiger partial charge in [0.25, 0.3) is 0 Å². The topological polar surface area (TPSA) is 118 Å². The van der Waals surface area contributed by atoms with E-state index in [9.17, 15) is 14.4 Å². The van der Waals surface area contributed by atoms with Gasteiger partial charge in [0.15, 0.2) is 5.13 Å². The highest BCUT2D eigenvalue weighted by atomic mass is 32.1. The lowest BCUT2D eigenvalue weighted by Crippen LogP contribution is -2.30. The van der Waals surface area contributed by atoms with Crippen LogP contribution in [-0.4, -0.2) is 41.2 Å². The van der Waals surface area contributed by atoms with Crippen LogP contribution in [0.2, 0.25) is 0 Å². The van der Waals surface area contributed by atoms with Crippen molar-refractivity contribution in [2.24, 2.45) is 0 Å². The monoisotopic (exact) mass is 341 g/mol. The van der Waals surface area contributed by atoms with Crippen LogP contribution >= 0.6 is 11.3 Å². The third-order valence-corrected chi connectivity index (χ3v) is 4.42. The number of aryl methyl sites for hydroxylation is 1. The highest BCUT2D eigenvalue weighted by Gasteiger charge is 2.31. The lowest BCUT2D eigenvalue weighted by Gasteiger charge is -2.19. The second-order valence-electron chi connectivity index (χ2n) is 5.05. The predicted octanol–water partition coefficient (Wildman–Crippen LogP) is 1.72. The fraction of sp³-hybridized carbons (Fsp3) is 0.571. The molecule has 1 aliphatic rings. The molecule has 0 fully saturated rings. The second kappa shape index (κ2) is 7.91. The Morgan fingerprint density at radius 1 is 1.43 bits per heavy atom. The average molecular weight is 341 g/mol. The number of nitrogens with zero attached hydrogens (tertiary/aromatic N) is 1. The number of carboxylic acids is 1. The number of anilines is 1. The fourth-order valence-corrected chi connectivity index (χ4v) is 3.43. The first kappa shape index (κ1) is 17.2. The van der Waals surface area contributed by atoms with E-state index in [1.165, 1.54) is 11.3 Å². The third-order valence-electron chi connectivity index (χ3n) is 3.37. The number of carbonyl (C=O) groups is 3. The highest BCUT2D eigenvalue weighted by Crippen LogP contribution is 2.37. The van der Waals surface area contributed by atoms with Gasteiger partial charge < -0.3 is 15.2 Å². The number of hydrogen-bond donors (Lipinski definition) is 3. The molecule has 0 saturated heterocycles. The van der Waals surface area contributed by atoms with Crippen LogP contribution in [-0.2, 0) is 20.7 Å². The molecule has 23 heavy (non-hydrogen) atoms. The van der Waals surface area contributed by atoms with E-state index in [0.717, 1.165) is 17.7 Å². The molecule has 1 atom stereocenters. The molecule has 126 valence electrons. The van der Waals surface area contributed by atoms with Crippen molar-refractivity contribution in [1.29, 1.82) is 0 Å². The minimum Gasteiger partial charge on any atom is -0.481 e. The molecule has 1 aromatic heterocycles. The van der Waals surface area contributed by atoms with Gasteiger partial charge in [-0.1, -0.05) is 0 Å². The van der Waals surface area contributed by atoms with E-state index in [4.69, 9.17) is 9.84 Å². The summed E-state index contributed by atoms with van der Waals surface area (Å²) in [5.74, 6) is -1.64. The number of nitrogens with one attached hydrogen (secondary N) is 2. The van der Waals surface area contributed by atoms with Crippen LogP contribution in [0.1, 0.15) is 42.7 Å². The first-order valence-electron chi connectivity index (χ1n) is 7.44. The number of aliphatic carboxylic acids is 1. The molecule has 0 bridgehead atoms. The van der Waals surface area contributed by atoms with E-state index in [1.54, 1.807) is 6.92 Å². The Morgan fingerprint density at radius 2 is 2.22 bits per heavy atom. The van der Waals surface area contributed by atoms with Gasteiger partial charge in [0.2, 0.25) is 0 Å². The molecule has 9 heteroatoms. The molecule has 0 saturated carbocycles. The quantitative estimate of drug-likeness (QED) is 0.678. The van der Waals surface area contributed by atoms with Crippen molar-refractivity contribution in [1.82, 2.24) is 10.3 Å². The second-order valence-corrected chi connectivity index (χ2v) is 6.13. The number of hydrogen-bond acceptors (Lipinski definition) is 6. The van der Waals surface area contributed by atoms with Crippen LogP contribution < -0.4 is 10.6 Å². The van der Waals surface area contributed by atoms with E-state index in [0.29, 0.717) is 23.9 Å². The molecule has 2 amide bonds. The molecule has 0 spiro atoms. The molecule has 1 aromatic rings. The molecular formula is C14H19N3O5S. The largest absolute Gasteiger partial charge is 0.481 e. The Labute approximate surface area is 137 Å². The SMILES string of the molecule is CCOC(=O)C1CCCc2sc(NC(=O)NCCC(=O)O)nc21. The van der Waals surface area contributed by atoms with Gasteiger partial charge in [-0.3, -0.25) is 14.9 Å². The number of carbonyl (C=O) groups excluding carboxylic acids is 2. The van der Waals surface area contributed by atoms with Gasteiger partial charge in [0, 0.05) is 11.4 Å². The predicted molar refractivity (Wildman–Crippen MR) is 83.7 cm³/mol. The molecule has 0 radical (unpaired) electrons. The lowest BCUT2D eigenvalue weighted by molar-refractivity contribution is -0.145. The van der Waals surface area contributed by atoms with Gasteiger partial charge in [0.05, 0.1) is 18.7 Å². The molecule has 1 aliphatic carbocycles. The van der Waals surface area contributed by atoms with Crippen LogP contribution in [0.25, 0.3) is 0 Å². The van der Waals surface area contributed by atoms with Crippen molar-refractivity contribution in [3.8, 4) is 0 Å². The number of rotatable bonds is 6. The number of esters is 1. The van der Waals surface area contributed by atoms with Gasteiger partial charge >= 0.3 is 18.0 Å². The molecule has 8 nitrogen and oxygen atoms in total. The van der Waals surface area contributed by atoms with Gasteiger partial charge in [0.1, 0.15) is 5.92 Å². The van der Waals surface area contributed by atoms with E-state index < -0.39 is 12.0 Å². The number of fused-ring (bicyclic) bond motifs is 1. The van der Waals surface area contributed by atoms with Gasteiger partial charge in [-0.05, 0) is 26.2 Å². The Morgan fingerprint density at radius 3 is 2.91 bits per heavy atom. The standard InChI is InChI=1S/C14H19N3O5S/c1-2-22-12(20)8-4-3-5-9-11(8)16-14(23-9)17-13(21)15-7-6-10(18)19/h8H,2-7H2,1H3,(H,18,19)(H2,15,16,17,21). The van der Waals surface area contributed by atoms with Crippen molar-refractivity contribution in [3.63, 3.8) is 0 Å². The Bertz CT molecular complexity index is 601. The number of urea groups is 1. The van der Waals surface area contributed by atoms with Crippen molar-refractivity contribution in [2.75, 3.05) is 18.5 Å². The van der Waals surface area contributed by atoms with Crippen molar-refractivity contribution in [3.05, 3.63) is 10.6 Å². The van der Waals surface area contributed by atoms with E-state index in [1.807, 2.05) is 0 Å². The lowest BCUT2D eigenvalue weighted by atomic mass is 9.91. The summed E-state index contributed by atoms with van der Waals surface area (Å²) >= 11 is 1.34. The summed E-state index contributed by atoms with van der Waals surface area (Å²) in [4.78, 5) is 39.4. The summed E-state index contributed by atoms with van der Waals surface area (Å²) < 4.78 is 5.07. The Hall–Kier alpha value is -2.16. The number of carboxylic acid groups (broad SMARTS) is 1. The van der Waals surface area contributed by atoms with Crippen molar-refractivity contribution < 1.29 is 24.2 Å². The maximum atomic E-state index is 12.0. The summed E-state index contributed by atoms with van der Waals surface area (Å²) in [6, 6.07) is -0.509. The van der Waals surface area contributed by atoms with Crippen LogP contribution in [0, 0.1) is 0 Å². The smallest absolute Gasteiger partial charge is 0.321 e. The van der Waals surface area contributed by atoms with Crippen LogP contribution in [0.3, 0.4) is 0 Å². The van der Waals surface area contributed by atoms with Crippen molar-refractivity contribution >= 4 is 34.4 Å². The summed E-state index contributed by atoms with van der Waals surface area (Å²) in [5.41, 5.74) is 0.681. The van der Waals surface area contributed by atoms with Crippen LogP contribution in [0.4, 0.5) is 9.93 Å². The number of thiazole rings is 1. The molecular weight excluding hydrogens is 322 g/mol. The summed E-state index contributed by atoms with van der Waals surface area (Å²) in [7, 11) is 0. The van der Waals surface area contributed by atoms with Gasteiger partial charge in [-0.25, -0.2) is 9.78 Å². The molecule has 2 rings (SSSR count). The normalized spacial score (nSPS) is 16.3. The minimum atomic E-state index is -0.979. The van der Waals surface area contributed by atoms with Gasteiger partial charge in [-0.2, -0.15) is 0 Å². The summed E-state index contributed by atoms with van der Waals surface area (Å²) in [6.07, 6.45) is 2.25. The molecule has 1 heterocycles. The minimum absolute atomic E-state index is 0.0394. The first-order chi connectivity index (χ1) is 11.0. The number of aromatic nitrogens is 1. The number of ether oxygens (including phenoxy) is 1. The van der Waals surface area contributed by atoms with Crippen LogP contribution in [0.15, 0.2) is 0 Å². The number of amides is 2. The average Bonchev–Trinajstić information content (AvgIpc) is 2.88.